The summed E-state index contributed by atoms with van der Waals surface area (Å²) < 4.78 is 33.2. The molecule has 4 atom stereocenters. The summed E-state index contributed by atoms with van der Waals surface area (Å²) in [6, 6.07) is 8.24. The molecule has 0 aliphatic heterocycles. The van der Waals surface area contributed by atoms with Gasteiger partial charge in [-0.05, 0) is 56.9 Å². The first-order valence-electron chi connectivity index (χ1n) is 11.2. The van der Waals surface area contributed by atoms with Gasteiger partial charge in [-0.2, -0.15) is 0 Å². The first-order chi connectivity index (χ1) is 15.3. The molecule has 0 aliphatic rings. The molecule has 0 N–H and O–H groups in total. The number of rotatable bonds is 17. The van der Waals surface area contributed by atoms with Gasteiger partial charge in [-0.1, -0.05) is 30.8 Å². The fourth-order valence-electron chi connectivity index (χ4n) is 2.83. The Bertz CT molecular complexity index is 669. The Hall–Kier alpha value is -1.70. The van der Waals surface area contributed by atoms with E-state index in [4.69, 9.17) is 28.4 Å². The van der Waals surface area contributed by atoms with Gasteiger partial charge in [-0.3, -0.25) is 0 Å². The van der Waals surface area contributed by atoms with E-state index >= 15 is 0 Å². The number of allylic oxidation sites excluding steroid dienone is 1. The van der Waals surface area contributed by atoms with Crippen molar-refractivity contribution in [3.63, 3.8) is 0 Å². The fourth-order valence-corrected chi connectivity index (χ4v) is 2.83. The molecule has 1 aromatic rings. The highest BCUT2D eigenvalue weighted by Gasteiger charge is 2.09. The number of benzene rings is 1. The van der Waals surface area contributed by atoms with Crippen LogP contribution in [-0.2, 0) is 28.4 Å². The zero-order valence-corrected chi connectivity index (χ0v) is 20.9. The van der Waals surface area contributed by atoms with Gasteiger partial charge in [0.1, 0.15) is 6.10 Å². The predicted molar refractivity (Wildman–Crippen MR) is 130 cm³/mol. The van der Waals surface area contributed by atoms with Crippen LogP contribution in [0.3, 0.4) is 0 Å². The Labute approximate surface area is 194 Å². The van der Waals surface area contributed by atoms with Crippen molar-refractivity contribution in [2.75, 3.05) is 47.3 Å². The van der Waals surface area contributed by atoms with Gasteiger partial charge in [0.15, 0.2) is 0 Å². The zero-order valence-electron chi connectivity index (χ0n) is 20.9. The normalized spacial score (nSPS) is 15.8. The molecule has 0 heterocycles. The average Bonchev–Trinajstić information content (AvgIpc) is 2.78. The summed E-state index contributed by atoms with van der Waals surface area (Å²) in [7, 11) is 3.34. The summed E-state index contributed by atoms with van der Waals surface area (Å²) >= 11 is 0. The molecule has 0 spiro atoms. The molecule has 0 bridgehead atoms. The molecule has 6 heteroatoms. The highest BCUT2D eigenvalue weighted by atomic mass is 16.6. The second-order valence-electron chi connectivity index (χ2n) is 8.25. The first kappa shape index (κ1) is 28.3. The SMILES string of the molecule is C=C(COC(C)COC(C)COC)c1ccc(/C(C)=C\OC(C)COC(C)COC)cc1. The van der Waals surface area contributed by atoms with Crippen LogP contribution in [-0.4, -0.2) is 71.7 Å². The van der Waals surface area contributed by atoms with Crippen LogP contribution in [0.2, 0.25) is 0 Å². The lowest BCUT2D eigenvalue weighted by atomic mass is 10.0. The molecular formula is C26H42O6. The van der Waals surface area contributed by atoms with Gasteiger partial charge in [0.25, 0.3) is 0 Å². The van der Waals surface area contributed by atoms with E-state index < -0.39 is 0 Å². The molecule has 182 valence electrons. The van der Waals surface area contributed by atoms with Gasteiger partial charge in [0.2, 0.25) is 0 Å². The molecule has 1 rings (SSSR count). The number of methoxy groups -OCH3 is 2. The molecule has 0 fully saturated rings. The van der Waals surface area contributed by atoms with Gasteiger partial charge >= 0.3 is 0 Å². The minimum absolute atomic E-state index is 0.0175. The summed E-state index contributed by atoms with van der Waals surface area (Å²) in [6.45, 7) is 16.8. The highest BCUT2D eigenvalue weighted by Crippen LogP contribution is 2.19. The summed E-state index contributed by atoms with van der Waals surface area (Å²) in [5.41, 5.74) is 4.13. The van der Waals surface area contributed by atoms with E-state index in [1.54, 1.807) is 20.5 Å². The fraction of sp³-hybridized carbons (Fsp3) is 0.615. The third-order valence-electron chi connectivity index (χ3n) is 4.80. The van der Waals surface area contributed by atoms with Crippen LogP contribution in [0, 0.1) is 0 Å². The van der Waals surface area contributed by atoms with Crippen molar-refractivity contribution in [3.8, 4) is 0 Å². The maximum absolute atomic E-state index is 5.87. The van der Waals surface area contributed by atoms with Crippen LogP contribution in [0.25, 0.3) is 11.1 Å². The van der Waals surface area contributed by atoms with Crippen LogP contribution < -0.4 is 0 Å². The summed E-state index contributed by atoms with van der Waals surface area (Å²) in [4.78, 5) is 0. The Kier molecular flexibility index (Phi) is 14.2. The van der Waals surface area contributed by atoms with E-state index in [1.165, 1.54) is 0 Å². The standard InChI is InChI=1S/C26H42O6/c1-19(13-29-23(5)17-31-21(3)15-27-7)25-9-11-26(12-10-25)20(2)14-30-24(6)18-32-22(4)16-28-8/h9-12,14,21-24H,1,13,15-18H2,2-8H3/b20-14-. The van der Waals surface area contributed by atoms with Crippen LogP contribution in [0.1, 0.15) is 45.7 Å². The van der Waals surface area contributed by atoms with Crippen molar-refractivity contribution in [1.29, 1.82) is 0 Å². The van der Waals surface area contributed by atoms with E-state index in [0.29, 0.717) is 33.0 Å². The minimum Gasteiger partial charge on any atom is -0.496 e. The predicted octanol–water partition coefficient (Wildman–Crippen LogP) is 4.97. The van der Waals surface area contributed by atoms with Crippen molar-refractivity contribution in [2.24, 2.45) is 0 Å². The largest absolute Gasteiger partial charge is 0.496 e. The van der Waals surface area contributed by atoms with Crippen molar-refractivity contribution in [1.82, 2.24) is 0 Å². The van der Waals surface area contributed by atoms with Crippen LogP contribution >= 0.6 is 0 Å². The van der Waals surface area contributed by atoms with Gasteiger partial charge < -0.3 is 28.4 Å². The summed E-state index contributed by atoms with van der Waals surface area (Å²) in [5, 5.41) is 0. The molecule has 4 unspecified atom stereocenters. The molecule has 6 nitrogen and oxygen atoms in total. The Morgan fingerprint density at radius 1 is 0.750 bits per heavy atom. The molecule has 0 amide bonds. The van der Waals surface area contributed by atoms with Crippen LogP contribution in [0.5, 0.6) is 0 Å². The van der Waals surface area contributed by atoms with Crippen LogP contribution in [0.15, 0.2) is 37.1 Å². The maximum atomic E-state index is 5.87. The molecule has 0 aliphatic carbocycles. The van der Waals surface area contributed by atoms with E-state index in [-0.39, 0.29) is 24.4 Å². The highest BCUT2D eigenvalue weighted by molar-refractivity contribution is 5.68. The van der Waals surface area contributed by atoms with Gasteiger partial charge in [0, 0.05) is 14.2 Å². The Balaban J connectivity index is 2.45. The Morgan fingerprint density at radius 3 is 1.75 bits per heavy atom. The van der Waals surface area contributed by atoms with E-state index in [1.807, 2.05) is 34.6 Å². The summed E-state index contributed by atoms with van der Waals surface area (Å²) in [5.74, 6) is 0. The van der Waals surface area contributed by atoms with E-state index in [9.17, 15) is 0 Å². The quantitative estimate of drug-likeness (QED) is 0.312. The first-order valence-corrected chi connectivity index (χ1v) is 11.2. The van der Waals surface area contributed by atoms with Crippen molar-refractivity contribution >= 4 is 11.1 Å². The topological polar surface area (TPSA) is 55.4 Å². The lowest BCUT2D eigenvalue weighted by Crippen LogP contribution is -2.23. The third-order valence-corrected chi connectivity index (χ3v) is 4.80. The van der Waals surface area contributed by atoms with Gasteiger partial charge in [-0.15, -0.1) is 0 Å². The zero-order chi connectivity index (χ0) is 23.9. The third kappa shape index (κ3) is 11.8. The van der Waals surface area contributed by atoms with Crippen LogP contribution in [0.4, 0.5) is 0 Å². The summed E-state index contributed by atoms with van der Waals surface area (Å²) in [6.07, 6.45) is 1.83. The van der Waals surface area contributed by atoms with Crippen molar-refractivity contribution in [3.05, 3.63) is 48.2 Å². The number of hydrogen-bond donors (Lipinski definition) is 0. The lowest BCUT2D eigenvalue weighted by Gasteiger charge is -2.18. The van der Waals surface area contributed by atoms with E-state index in [0.717, 1.165) is 22.3 Å². The molecule has 0 saturated heterocycles. The smallest absolute Gasteiger partial charge is 0.118 e. The van der Waals surface area contributed by atoms with Gasteiger partial charge in [-0.25, -0.2) is 0 Å². The molecule has 0 saturated carbocycles. The lowest BCUT2D eigenvalue weighted by molar-refractivity contribution is -0.0443. The number of hydrogen-bond acceptors (Lipinski definition) is 6. The maximum Gasteiger partial charge on any atom is 0.118 e. The monoisotopic (exact) mass is 450 g/mol. The van der Waals surface area contributed by atoms with Crippen molar-refractivity contribution in [2.45, 2.75) is 59.0 Å². The molecule has 32 heavy (non-hydrogen) atoms. The molecule has 0 radical (unpaired) electrons. The molecular weight excluding hydrogens is 408 g/mol. The minimum atomic E-state index is -0.0380. The van der Waals surface area contributed by atoms with Gasteiger partial charge in [0.05, 0.1) is 57.6 Å². The van der Waals surface area contributed by atoms with Crippen molar-refractivity contribution < 1.29 is 28.4 Å². The second kappa shape index (κ2) is 16.0. The molecule has 1 aromatic carbocycles. The van der Waals surface area contributed by atoms with E-state index in [2.05, 4.69) is 30.8 Å². The Morgan fingerprint density at radius 2 is 1.22 bits per heavy atom. The molecule has 0 aromatic heterocycles. The second-order valence-corrected chi connectivity index (χ2v) is 8.25. The number of ether oxygens (including phenoxy) is 6. The average molecular weight is 451 g/mol.